The summed E-state index contributed by atoms with van der Waals surface area (Å²) in [6.45, 7) is 1.92. The van der Waals surface area contributed by atoms with Crippen molar-refractivity contribution in [3.63, 3.8) is 0 Å². The number of pyridine rings is 1. The van der Waals surface area contributed by atoms with Gasteiger partial charge < -0.3 is 10.4 Å². The number of nitrogens with one attached hydrogen (secondary N) is 1. The van der Waals surface area contributed by atoms with E-state index in [2.05, 4.69) is 10.3 Å². The fraction of sp³-hybridized carbons (Fsp3) is 0.250. The Bertz CT molecular complexity index is 568. The predicted molar refractivity (Wildman–Crippen MR) is 78.1 cm³/mol. The second kappa shape index (κ2) is 6.82. The van der Waals surface area contributed by atoms with E-state index in [4.69, 9.17) is 5.11 Å². The van der Waals surface area contributed by atoms with Crippen molar-refractivity contribution in [2.75, 3.05) is 6.54 Å². The van der Waals surface area contributed by atoms with Gasteiger partial charge in [-0.05, 0) is 30.7 Å². The molecule has 0 saturated carbocycles. The van der Waals surface area contributed by atoms with Crippen molar-refractivity contribution >= 4 is 5.91 Å². The first-order valence-electron chi connectivity index (χ1n) is 6.60. The summed E-state index contributed by atoms with van der Waals surface area (Å²) in [5.74, 6) is -0.0935. The lowest BCUT2D eigenvalue weighted by molar-refractivity contribution is -0.120. The number of hydrogen-bond acceptors (Lipinski definition) is 3. The highest BCUT2D eigenvalue weighted by Gasteiger charge is 2.06. The fourth-order valence-electron chi connectivity index (χ4n) is 1.88. The highest BCUT2D eigenvalue weighted by atomic mass is 16.3. The molecule has 0 spiro atoms. The van der Waals surface area contributed by atoms with Gasteiger partial charge in [0, 0.05) is 18.3 Å². The van der Waals surface area contributed by atoms with Crippen LogP contribution < -0.4 is 5.32 Å². The number of carbonyl (C=O) groups is 1. The molecule has 0 aliphatic rings. The molecule has 0 radical (unpaired) electrons. The maximum absolute atomic E-state index is 11.7. The Kier molecular flexibility index (Phi) is 4.85. The van der Waals surface area contributed by atoms with Gasteiger partial charge in [-0.15, -0.1) is 0 Å². The molecule has 0 aliphatic heterocycles. The number of aliphatic hydroxyl groups excluding tert-OH is 1. The minimum absolute atomic E-state index is 0.0935. The maximum atomic E-state index is 11.7. The topological polar surface area (TPSA) is 62.2 Å². The summed E-state index contributed by atoms with van der Waals surface area (Å²) >= 11 is 0. The monoisotopic (exact) mass is 270 g/mol. The molecule has 0 fully saturated rings. The number of aromatic nitrogens is 1. The standard InChI is InChI=1S/C16H18N2O2/c1-12(19)11-18-16(20)10-13-5-4-6-14(9-13)15-7-2-3-8-17-15/h2-9,12,19H,10-11H2,1H3,(H,18,20). The molecule has 1 amide bonds. The number of amides is 1. The number of carbonyl (C=O) groups excluding carboxylic acids is 1. The zero-order valence-electron chi connectivity index (χ0n) is 11.4. The Labute approximate surface area is 118 Å². The highest BCUT2D eigenvalue weighted by Crippen LogP contribution is 2.17. The van der Waals surface area contributed by atoms with E-state index in [1.807, 2.05) is 42.5 Å². The average Bonchev–Trinajstić information content (AvgIpc) is 2.46. The molecule has 2 rings (SSSR count). The molecular weight excluding hydrogens is 252 g/mol. The SMILES string of the molecule is CC(O)CNC(=O)Cc1cccc(-c2ccccn2)c1. The van der Waals surface area contributed by atoms with Gasteiger partial charge in [0.1, 0.15) is 0 Å². The van der Waals surface area contributed by atoms with Gasteiger partial charge in [-0.25, -0.2) is 0 Å². The van der Waals surface area contributed by atoms with Crippen molar-refractivity contribution < 1.29 is 9.90 Å². The lowest BCUT2D eigenvalue weighted by Gasteiger charge is -2.08. The van der Waals surface area contributed by atoms with Gasteiger partial charge in [-0.3, -0.25) is 9.78 Å². The number of aliphatic hydroxyl groups is 1. The molecule has 1 aromatic heterocycles. The summed E-state index contributed by atoms with van der Waals surface area (Å²) in [5, 5.41) is 11.8. The Morgan fingerprint density at radius 1 is 1.30 bits per heavy atom. The molecule has 1 heterocycles. The first-order chi connectivity index (χ1) is 9.65. The van der Waals surface area contributed by atoms with Gasteiger partial charge in [0.25, 0.3) is 0 Å². The molecule has 2 aromatic rings. The Morgan fingerprint density at radius 2 is 2.15 bits per heavy atom. The van der Waals surface area contributed by atoms with Crippen LogP contribution in [-0.4, -0.2) is 28.6 Å². The summed E-state index contributed by atoms with van der Waals surface area (Å²) < 4.78 is 0. The van der Waals surface area contributed by atoms with Crippen LogP contribution in [-0.2, 0) is 11.2 Å². The lowest BCUT2D eigenvalue weighted by Crippen LogP contribution is -2.31. The molecule has 2 N–H and O–H groups in total. The molecule has 4 heteroatoms. The average molecular weight is 270 g/mol. The number of hydrogen-bond donors (Lipinski definition) is 2. The Hall–Kier alpha value is -2.20. The third-order valence-corrected chi connectivity index (χ3v) is 2.85. The second-order valence-corrected chi connectivity index (χ2v) is 4.75. The van der Waals surface area contributed by atoms with E-state index in [-0.39, 0.29) is 12.5 Å². The van der Waals surface area contributed by atoms with Crippen LogP contribution in [0.25, 0.3) is 11.3 Å². The van der Waals surface area contributed by atoms with Crippen molar-refractivity contribution in [1.29, 1.82) is 0 Å². The molecule has 0 saturated heterocycles. The van der Waals surface area contributed by atoms with Crippen molar-refractivity contribution in [2.24, 2.45) is 0 Å². The molecule has 0 bridgehead atoms. The van der Waals surface area contributed by atoms with Gasteiger partial charge in [-0.2, -0.15) is 0 Å². The van der Waals surface area contributed by atoms with Crippen LogP contribution in [0.1, 0.15) is 12.5 Å². The van der Waals surface area contributed by atoms with Crippen LogP contribution in [0.15, 0.2) is 48.7 Å². The second-order valence-electron chi connectivity index (χ2n) is 4.75. The van der Waals surface area contributed by atoms with Crippen LogP contribution in [0, 0.1) is 0 Å². The van der Waals surface area contributed by atoms with E-state index in [9.17, 15) is 4.79 Å². The summed E-state index contributed by atoms with van der Waals surface area (Å²) in [5.41, 5.74) is 2.81. The first kappa shape index (κ1) is 14.2. The van der Waals surface area contributed by atoms with Gasteiger partial charge in [0.05, 0.1) is 18.2 Å². The fourth-order valence-corrected chi connectivity index (χ4v) is 1.88. The van der Waals surface area contributed by atoms with Crippen LogP contribution in [0.5, 0.6) is 0 Å². The van der Waals surface area contributed by atoms with Crippen LogP contribution in [0.2, 0.25) is 0 Å². The summed E-state index contributed by atoms with van der Waals surface area (Å²) in [7, 11) is 0. The highest BCUT2D eigenvalue weighted by molar-refractivity contribution is 5.79. The number of benzene rings is 1. The van der Waals surface area contributed by atoms with Crippen LogP contribution >= 0.6 is 0 Å². The van der Waals surface area contributed by atoms with E-state index in [0.29, 0.717) is 6.42 Å². The third kappa shape index (κ3) is 4.17. The number of nitrogens with zero attached hydrogens (tertiary/aromatic N) is 1. The molecule has 1 atom stereocenters. The summed E-state index contributed by atoms with van der Waals surface area (Å²) in [4.78, 5) is 16.0. The maximum Gasteiger partial charge on any atom is 0.224 e. The van der Waals surface area contributed by atoms with Gasteiger partial charge in [0.15, 0.2) is 0 Å². The predicted octanol–water partition coefficient (Wildman–Crippen LogP) is 1.79. The van der Waals surface area contributed by atoms with E-state index in [1.54, 1.807) is 13.1 Å². The number of rotatable bonds is 5. The molecule has 20 heavy (non-hydrogen) atoms. The minimum atomic E-state index is -0.529. The van der Waals surface area contributed by atoms with Crippen LogP contribution in [0.3, 0.4) is 0 Å². The van der Waals surface area contributed by atoms with E-state index >= 15 is 0 Å². The zero-order valence-corrected chi connectivity index (χ0v) is 11.4. The lowest BCUT2D eigenvalue weighted by atomic mass is 10.1. The molecular formula is C16H18N2O2. The van der Waals surface area contributed by atoms with Gasteiger partial charge >= 0.3 is 0 Å². The van der Waals surface area contributed by atoms with Crippen molar-refractivity contribution in [1.82, 2.24) is 10.3 Å². The Morgan fingerprint density at radius 3 is 2.85 bits per heavy atom. The van der Waals surface area contributed by atoms with Gasteiger partial charge in [-0.1, -0.05) is 24.3 Å². The van der Waals surface area contributed by atoms with Crippen molar-refractivity contribution in [3.8, 4) is 11.3 Å². The normalized spacial score (nSPS) is 11.9. The minimum Gasteiger partial charge on any atom is -0.392 e. The summed E-state index contributed by atoms with van der Waals surface area (Å²) in [6, 6.07) is 13.5. The van der Waals surface area contributed by atoms with E-state index in [0.717, 1.165) is 16.8 Å². The molecule has 1 aromatic carbocycles. The zero-order chi connectivity index (χ0) is 14.4. The quantitative estimate of drug-likeness (QED) is 0.870. The smallest absolute Gasteiger partial charge is 0.224 e. The Balaban J connectivity index is 2.05. The molecule has 1 unspecified atom stereocenters. The van der Waals surface area contributed by atoms with Gasteiger partial charge in [0.2, 0.25) is 5.91 Å². The van der Waals surface area contributed by atoms with Crippen molar-refractivity contribution in [3.05, 3.63) is 54.2 Å². The largest absolute Gasteiger partial charge is 0.392 e. The molecule has 104 valence electrons. The molecule has 0 aliphatic carbocycles. The van der Waals surface area contributed by atoms with Crippen molar-refractivity contribution in [2.45, 2.75) is 19.4 Å². The summed E-state index contributed by atoms with van der Waals surface area (Å²) in [6.07, 6.45) is 1.52. The van der Waals surface area contributed by atoms with E-state index < -0.39 is 6.10 Å². The third-order valence-electron chi connectivity index (χ3n) is 2.85. The van der Waals surface area contributed by atoms with Crippen LogP contribution in [0.4, 0.5) is 0 Å². The first-order valence-corrected chi connectivity index (χ1v) is 6.60. The molecule has 4 nitrogen and oxygen atoms in total. The van der Waals surface area contributed by atoms with E-state index in [1.165, 1.54) is 0 Å².